The highest BCUT2D eigenvalue weighted by atomic mass is 79.9. The number of aromatic nitrogens is 1. The average molecular weight is 315 g/mol. The first-order valence-electron chi connectivity index (χ1n) is 5.16. The summed E-state index contributed by atoms with van der Waals surface area (Å²) in [7, 11) is 0. The van der Waals surface area contributed by atoms with Crippen LogP contribution >= 0.6 is 27.3 Å². The third-order valence-electron chi connectivity index (χ3n) is 2.55. The first-order chi connectivity index (χ1) is 8.08. The fourth-order valence-electron chi connectivity index (χ4n) is 1.51. The Kier molecular flexibility index (Phi) is 3.79. The number of hydrogen-bond donors (Lipinski definition) is 1. The molecule has 1 aromatic carbocycles. The van der Waals surface area contributed by atoms with E-state index in [2.05, 4.69) is 26.2 Å². The maximum atomic E-state index is 13.3. The molecule has 1 aromatic heterocycles. The Bertz CT molecular complexity index is 539. The van der Waals surface area contributed by atoms with Crippen molar-refractivity contribution in [1.82, 2.24) is 4.98 Å². The molecule has 0 saturated carbocycles. The summed E-state index contributed by atoms with van der Waals surface area (Å²) in [6, 6.07) is 3.28. The topological polar surface area (TPSA) is 24.9 Å². The summed E-state index contributed by atoms with van der Waals surface area (Å²) in [5, 5.41) is 3.30. The molecular formula is C12H12BrFN2S. The molecule has 0 radical (unpaired) electrons. The maximum absolute atomic E-state index is 13.3. The molecule has 17 heavy (non-hydrogen) atoms. The van der Waals surface area contributed by atoms with Gasteiger partial charge in [0.15, 0.2) is 0 Å². The molecule has 2 rings (SSSR count). The van der Waals surface area contributed by atoms with E-state index < -0.39 is 0 Å². The number of hydrogen-bond acceptors (Lipinski definition) is 3. The Morgan fingerprint density at radius 2 is 2.18 bits per heavy atom. The molecule has 1 heterocycles. The van der Waals surface area contributed by atoms with Crippen molar-refractivity contribution in [2.45, 2.75) is 20.4 Å². The minimum absolute atomic E-state index is 0.234. The second-order valence-corrected chi connectivity index (χ2v) is 5.59. The smallest absolute Gasteiger partial charge is 0.137 e. The average Bonchev–Trinajstić information content (AvgIpc) is 2.68. The Morgan fingerprint density at radius 3 is 2.82 bits per heavy atom. The van der Waals surface area contributed by atoms with Crippen LogP contribution in [0.2, 0.25) is 0 Å². The SMILES string of the molecule is Cc1cc(F)c(Br)cc1NCc1scnc1C. The molecular weight excluding hydrogens is 303 g/mol. The Morgan fingerprint density at radius 1 is 1.41 bits per heavy atom. The van der Waals surface area contributed by atoms with Crippen LogP contribution in [0.1, 0.15) is 16.1 Å². The van der Waals surface area contributed by atoms with Crippen LogP contribution in [0.15, 0.2) is 22.1 Å². The normalized spacial score (nSPS) is 10.6. The van der Waals surface area contributed by atoms with Crippen LogP contribution in [0.5, 0.6) is 0 Å². The molecule has 90 valence electrons. The summed E-state index contributed by atoms with van der Waals surface area (Å²) in [5.74, 6) is -0.234. The number of benzene rings is 1. The van der Waals surface area contributed by atoms with Crippen molar-refractivity contribution in [3.05, 3.63) is 44.1 Å². The van der Waals surface area contributed by atoms with Gasteiger partial charge in [-0.1, -0.05) is 0 Å². The molecule has 0 aliphatic carbocycles. The summed E-state index contributed by atoms with van der Waals surface area (Å²) in [6.45, 7) is 4.59. The van der Waals surface area contributed by atoms with Crippen molar-refractivity contribution >= 4 is 33.0 Å². The van der Waals surface area contributed by atoms with Crippen LogP contribution < -0.4 is 5.32 Å². The van der Waals surface area contributed by atoms with E-state index in [4.69, 9.17) is 0 Å². The third-order valence-corrected chi connectivity index (χ3v) is 4.09. The van der Waals surface area contributed by atoms with Crippen LogP contribution in [0.4, 0.5) is 10.1 Å². The van der Waals surface area contributed by atoms with Crippen molar-refractivity contribution in [2.24, 2.45) is 0 Å². The summed E-state index contributed by atoms with van der Waals surface area (Å²) < 4.78 is 13.7. The fourth-order valence-corrected chi connectivity index (χ4v) is 2.57. The molecule has 2 aromatic rings. The fraction of sp³-hybridized carbons (Fsp3) is 0.250. The summed E-state index contributed by atoms with van der Waals surface area (Å²) in [6.07, 6.45) is 0. The molecule has 0 aliphatic rings. The lowest BCUT2D eigenvalue weighted by atomic mass is 10.2. The number of halogens is 2. The molecule has 0 fully saturated rings. The van der Waals surface area contributed by atoms with Crippen LogP contribution in [-0.4, -0.2) is 4.98 Å². The molecule has 0 unspecified atom stereocenters. The largest absolute Gasteiger partial charge is 0.380 e. The van der Waals surface area contributed by atoms with Crippen molar-refractivity contribution in [2.75, 3.05) is 5.32 Å². The van der Waals surface area contributed by atoms with Gasteiger partial charge < -0.3 is 5.32 Å². The molecule has 0 aliphatic heterocycles. The zero-order valence-electron chi connectivity index (χ0n) is 9.55. The Hall–Kier alpha value is -0.940. The summed E-state index contributed by atoms with van der Waals surface area (Å²) >= 11 is 4.81. The van der Waals surface area contributed by atoms with E-state index in [0.717, 1.165) is 23.5 Å². The number of nitrogens with one attached hydrogen (secondary N) is 1. The minimum Gasteiger partial charge on any atom is -0.380 e. The van der Waals surface area contributed by atoms with E-state index in [-0.39, 0.29) is 5.82 Å². The van der Waals surface area contributed by atoms with Gasteiger partial charge in [0.25, 0.3) is 0 Å². The second kappa shape index (κ2) is 5.14. The van der Waals surface area contributed by atoms with E-state index in [0.29, 0.717) is 4.47 Å². The van der Waals surface area contributed by atoms with Crippen molar-refractivity contribution in [3.63, 3.8) is 0 Å². The number of nitrogens with zero attached hydrogens (tertiary/aromatic N) is 1. The van der Waals surface area contributed by atoms with Gasteiger partial charge >= 0.3 is 0 Å². The lowest BCUT2D eigenvalue weighted by Gasteiger charge is -2.10. The molecule has 5 heteroatoms. The number of rotatable bonds is 3. The maximum Gasteiger partial charge on any atom is 0.137 e. The third kappa shape index (κ3) is 2.84. The molecule has 0 bridgehead atoms. The highest BCUT2D eigenvalue weighted by Crippen LogP contribution is 2.25. The molecule has 0 amide bonds. The standard InChI is InChI=1S/C12H12BrFN2S/c1-7-3-10(14)9(13)4-11(7)15-5-12-8(2)16-6-17-12/h3-4,6,15H,5H2,1-2H3. The van der Waals surface area contributed by atoms with Gasteiger partial charge in [-0.2, -0.15) is 0 Å². The van der Waals surface area contributed by atoms with Gasteiger partial charge in [0.05, 0.1) is 22.2 Å². The van der Waals surface area contributed by atoms with E-state index in [1.54, 1.807) is 17.4 Å². The van der Waals surface area contributed by atoms with Gasteiger partial charge in [0.2, 0.25) is 0 Å². The summed E-state index contributed by atoms with van der Waals surface area (Å²) in [5.41, 5.74) is 4.71. The number of anilines is 1. The number of thiazole rings is 1. The first kappa shape index (κ1) is 12.5. The predicted octanol–water partition coefficient (Wildman–Crippen LogP) is 4.27. The second-order valence-electron chi connectivity index (χ2n) is 3.80. The zero-order chi connectivity index (χ0) is 12.4. The molecule has 0 saturated heterocycles. The van der Waals surface area contributed by atoms with Crippen LogP contribution in [0, 0.1) is 19.7 Å². The lowest BCUT2D eigenvalue weighted by molar-refractivity contribution is 0.620. The lowest BCUT2D eigenvalue weighted by Crippen LogP contribution is -2.01. The summed E-state index contributed by atoms with van der Waals surface area (Å²) in [4.78, 5) is 5.39. The van der Waals surface area contributed by atoms with Crippen molar-refractivity contribution in [3.8, 4) is 0 Å². The van der Waals surface area contributed by atoms with Gasteiger partial charge in [-0.25, -0.2) is 9.37 Å². The highest BCUT2D eigenvalue weighted by molar-refractivity contribution is 9.10. The van der Waals surface area contributed by atoms with Crippen LogP contribution in [0.25, 0.3) is 0 Å². The molecule has 1 N–H and O–H groups in total. The first-order valence-corrected chi connectivity index (χ1v) is 6.83. The highest BCUT2D eigenvalue weighted by Gasteiger charge is 2.06. The molecule has 0 atom stereocenters. The van der Waals surface area contributed by atoms with Crippen molar-refractivity contribution in [1.29, 1.82) is 0 Å². The van der Waals surface area contributed by atoms with E-state index >= 15 is 0 Å². The number of aryl methyl sites for hydroxylation is 2. The quantitative estimate of drug-likeness (QED) is 0.915. The molecule has 2 nitrogen and oxygen atoms in total. The van der Waals surface area contributed by atoms with Gasteiger partial charge in [-0.05, 0) is 47.5 Å². The van der Waals surface area contributed by atoms with E-state index in [1.165, 1.54) is 10.9 Å². The minimum atomic E-state index is -0.234. The molecule has 0 spiro atoms. The van der Waals surface area contributed by atoms with E-state index in [9.17, 15) is 4.39 Å². The van der Waals surface area contributed by atoms with Gasteiger partial charge in [0, 0.05) is 10.6 Å². The zero-order valence-corrected chi connectivity index (χ0v) is 12.0. The van der Waals surface area contributed by atoms with Gasteiger partial charge in [-0.3, -0.25) is 0 Å². The van der Waals surface area contributed by atoms with Gasteiger partial charge in [-0.15, -0.1) is 11.3 Å². The van der Waals surface area contributed by atoms with Crippen molar-refractivity contribution < 1.29 is 4.39 Å². The van der Waals surface area contributed by atoms with Gasteiger partial charge in [0.1, 0.15) is 5.82 Å². The Labute approximate surface area is 112 Å². The monoisotopic (exact) mass is 314 g/mol. The van der Waals surface area contributed by atoms with Crippen LogP contribution in [-0.2, 0) is 6.54 Å². The Balaban J connectivity index is 2.14. The van der Waals surface area contributed by atoms with Crippen LogP contribution in [0.3, 0.4) is 0 Å². The van der Waals surface area contributed by atoms with E-state index in [1.807, 2.05) is 19.4 Å². The predicted molar refractivity (Wildman–Crippen MR) is 73.0 cm³/mol.